The van der Waals surface area contributed by atoms with Crippen molar-refractivity contribution >= 4 is 11.8 Å². The third-order valence-electron chi connectivity index (χ3n) is 3.53. The van der Waals surface area contributed by atoms with Gasteiger partial charge >= 0.3 is 0 Å². The fourth-order valence-electron chi connectivity index (χ4n) is 2.21. The minimum Gasteiger partial charge on any atom is -0.313 e. The van der Waals surface area contributed by atoms with Crippen LogP contribution in [-0.4, -0.2) is 6.54 Å². The van der Waals surface area contributed by atoms with Crippen molar-refractivity contribution in [1.82, 2.24) is 5.32 Å². The summed E-state index contributed by atoms with van der Waals surface area (Å²) in [6.45, 7) is 8.50. The molecule has 20 heavy (non-hydrogen) atoms. The van der Waals surface area contributed by atoms with Crippen LogP contribution in [0.4, 0.5) is 0 Å². The van der Waals surface area contributed by atoms with Crippen molar-refractivity contribution in [2.24, 2.45) is 0 Å². The minimum absolute atomic E-state index is 0.957. The van der Waals surface area contributed by atoms with Gasteiger partial charge in [-0.05, 0) is 54.8 Å². The molecule has 1 N–H and O–H groups in total. The molecule has 0 aliphatic carbocycles. The van der Waals surface area contributed by atoms with Gasteiger partial charge < -0.3 is 5.32 Å². The maximum Gasteiger partial charge on any atom is 0.0237 e. The van der Waals surface area contributed by atoms with Crippen LogP contribution in [0.5, 0.6) is 0 Å². The molecule has 0 atom stereocenters. The van der Waals surface area contributed by atoms with Crippen LogP contribution in [0.1, 0.15) is 29.2 Å². The molecule has 0 bridgehead atoms. The maximum absolute atomic E-state index is 3.35. The second-order valence-corrected chi connectivity index (χ2v) is 6.13. The topological polar surface area (TPSA) is 12.0 Å². The highest BCUT2D eigenvalue weighted by Gasteiger charge is 2.03. The van der Waals surface area contributed by atoms with E-state index in [4.69, 9.17) is 0 Å². The molecule has 2 aromatic carbocycles. The summed E-state index contributed by atoms with van der Waals surface area (Å²) in [5.41, 5.74) is 5.60. The van der Waals surface area contributed by atoms with Crippen LogP contribution >= 0.6 is 11.8 Å². The van der Waals surface area contributed by atoms with E-state index in [1.807, 2.05) is 11.8 Å². The van der Waals surface area contributed by atoms with Crippen LogP contribution in [0.3, 0.4) is 0 Å². The Kier molecular flexibility index (Phi) is 5.69. The first-order valence-electron chi connectivity index (χ1n) is 7.18. The summed E-state index contributed by atoms with van der Waals surface area (Å²) in [6.07, 6.45) is 0. The molecule has 0 saturated heterocycles. The number of nitrogens with one attached hydrogen (secondary N) is 1. The minimum atomic E-state index is 0.957. The summed E-state index contributed by atoms with van der Waals surface area (Å²) >= 11 is 1.91. The Bertz CT molecular complexity index is 526. The summed E-state index contributed by atoms with van der Waals surface area (Å²) in [5, 5.41) is 3.35. The van der Waals surface area contributed by atoms with Crippen molar-refractivity contribution < 1.29 is 0 Å². The Morgan fingerprint density at radius 1 is 0.950 bits per heavy atom. The zero-order valence-electron chi connectivity index (χ0n) is 12.6. The molecule has 0 aliphatic heterocycles. The lowest BCUT2D eigenvalue weighted by atomic mass is 10.1. The van der Waals surface area contributed by atoms with Crippen molar-refractivity contribution in [1.29, 1.82) is 0 Å². The first-order chi connectivity index (χ1) is 9.70. The van der Waals surface area contributed by atoms with E-state index >= 15 is 0 Å². The standard InChI is InChI=1S/C18H23NS/c1-4-19-12-16-8-10-17(11-9-16)20-13-18-14(2)6-5-7-15(18)3/h5-11,19H,4,12-13H2,1-3H3. The van der Waals surface area contributed by atoms with Crippen molar-refractivity contribution in [3.8, 4) is 0 Å². The van der Waals surface area contributed by atoms with Gasteiger partial charge in [-0.15, -0.1) is 11.8 Å². The first-order valence-corrected chi connectivity index (χ1v) is 8.17. The monoisotopic (exact) mass is 285 g/mol. The average molecular weight is 285 g/mol. The molecule has 0 unspecified atom stereocenters. The second kappa shape index (κ2) is 7.51. The Hall–Kier alpha value is -1.25. The van der Waals surface area contributed by atoms with Crippen molar-refractivity contribution in [3.05, 3.63) is 64.7 Å². The van der Waals surface area contributed by atoms with E-state index in [1.54, 1.807) is 0 Å². The first kappa shape index (κ1) is 15.1. The van der Waals surface area contributed by atoms with Crippen LogP contribution in [0, 0.1) is 13.8 Å². The van der Waals surface area contributed by atoms with Gasteiger partial charge in [0.1, 0.15) is 0 Å². The quantitative estimate of drug-likeness (QED) is 0.772. The van der Waals surface area contributed by atoms with E-state index in [0.29, 0.717) is 0 Å². The molecule has 0 radical (unpaired) electrons. The molecule has 106 valence electrons. The van der Waals surface area contributed by atoms with E-state index in [0.717, 1.165) is 18.8 Å². The molecule has 0 fully saturated rings. The Balaban J connectivity index is 1.97. The maximum atomic E-state index is 3.35. The fourth-order valence-corrected chi connectivity index (χ4v) is 3.30. The van der Waals surface area contributed by atoms with E-state index < -0.39 is 0 Å². The molecule has 0 heterocycles. The lowest BCUT2D eigenvalue weighted by Crippen LogP contribution is -2.11. The van der Waals surface area contributed by atoms with E-state index in [9.17, 15) is 0 Å². The number of aryl methyl sites for hydroxylation is 2. The lowest BCUT2D eigenvalue weighted by Gasteiger charge is -2.09. The van der Waals surface area contributed by atoms with Gasteiger partial charge in [0.05, 0.1) is 0 Å². The zero-order chi connectivity index (χ0) is 14.4. The highest BCUT2D eigenvalue weighted by molar-refractivity contribution is 7.98. The summed E-state index contributed by atoms with van der Waals surface area (Å²) < 4.78 is 0. The summed E-state index contributed by atoms with van der Waals surface area (Å²) in [7, 11) is 0. The van der Waals surface area contributed by atoms with Crippen molar-refractivity contribution in [2.45, 2.75) is 38.0 Å². The number of rotatable bonds is 6. The summed E-state index contributed by atoms with van der Waals surface area (Å²) in [6, 6.07) is 15.4. The molecule has 2 heteroatoms. The zero-order valence-corrected chi connectivity index (χ0v) is 13.4. The van der Waals surface area contributed by atoms with Gasteiger partial charge in [-0.2, -0.15) is 0 Å². The van der Waals surface area contributed by atoms with Crippen LogP contribution < -0.4 is 5.32 Å². The normalized spacial score (nSPS) is 10.8. The van der Waals surface area contributed by atoms with Crippen molar-refractivity contribution in [3.63, 3.8) is 0 Å². The molecule has 1 nitrogen and oxygen atoms in total. The molecule has 2 aromatic rings. The van der Waals surface area contributed by atoms with Gasteiger partial charge in [0.15, 0.2) is 0 Å². The van der Waals surface area contributed by atoms with Gasteiger partial charge in [0, 0.05) is 17.2 Å². The predicted molar refractivity (Wildman–Crippen MR) is 89.3 cm³/mol. The smallest absolute Gasteiger partial charge is 0.0237 e. The fraction of sp³-hybridized carbons (Fsp3) is 0.333. The van der Waals surface area contributed by atoms with Gasteiger partial charge in [0.25, 0.3) is 0 Å². The molecule has 0 aromatic heterocycles. The second-order valence-electron chi connectivity index (χ2n) is 5.08. The van der Waals surface area contributed by atoms with Crippen LogP contribution in [0.15, 0.2) is 47.4 Å². The Morgan fingerprint density at radius 3 is 2.20 bits per heavy atom. The lowest BCUT2D eigenvalue weighted by molar-refractivity contribution is 0.726. The highest BCUT2D eigenvalue weighted by atomic mass is 32.2. The highest BCUT2D eigenvalue weighted by Crippen LogP contribution is 2.26. The third kappa shape index (κ3) is 4.12. The van der Waals surface area contributed by atoms with Gasteiger partial charge in [-0.25, -0.2) is 0 Å². The average Bonchev–Trinajstić information content (AvgIpc) is 2.46. The Morgan fingerprint density at radius 2 is 1.60 bits per heavy atom. The predicted octanol–water partition coefficient (Wildman–Crippen LogP) is 4.71. The van der Waals surface area contributed by atoms with Gasteiger partial charge in [-0.1, -0.05) is 37.3 Å². The third-order valence-corrected chi connectivity index (χ3v) is 4.57. The van der Waals surface area contributed by atoms with Crippen LogP contribution in [-0.2, 0) is 12.3 Å². The number of benzene rings is 2. The molecule has 2 rings (SSSR count). The van der Waals surface area contributed by atoms with Crippen LogP contribution in [0.25, 0.3) is 0 Å². The Labute approximate surface area is 126 Å². The van der Waals surface area contributed by atoms with E-state index in [2.05, 4.69) is 68.6 Å². The molecule has 0 spiro atoms. The number of hydrogen-bond acceptors (Lipinski definition) is 2. The van der Waals surface area contributed by atoms with Gasteiger partial charge in [-0.3, -0.25) is 0 Å². The summed E-state index contributed by atoms with van der Waals surface area (Å²) in [5.74, 6) is 1.05. The van der Waals surface area contributed by atoms with Crippen molar-refractivity contribution in [2.75, 3.05) is 6.54 Å². The molecule has 0 saturated carbocycles. The molecular weight excluding hydrogens is 262 g/mol. The number of hydrogen-bond donors (Lipinski definition) is 1. The summed E-state index contributed by atoms with van der Waals surface area (Å²) in [4.78, 5) is 1.34. The largest absolute Gasteiger partial charge is 0.313 e. The number of thioether (sulfide) groups is 1. The SMILES string of the molecule is CCNCc1ccc(SCc2c(C)cccc2C)cc1. The van der Waals surface area contributed by atoms with Gasteiger partial charge in [0.2, 0.25) is 0 Å². The van der Waals surface area contributed by atoms with Crippen LogP contribution in [0.2, 0.25) is 0 Å². The van der Waals surface area contributed by atoms with E-state index in [1.165, 1.54) is 27.1 Å². The molecular formula is C18H23NS. The molecule has 0 aliphatic rings. The van der Waals surface area contributed by atoms with E-state index in [-0.39, 0.29) is 0 Å². The molecule has 0 amide bonds.